The molecule has 3 N–H and O–H groups in total. The lowest BCUT2D eigenvalue weighted by Crippen LogP contribution is -1.99. The maximum Gasteiger partial charge on any atom is 0.115 e. The van der Waals surface area contributed by atoms with E-state index in [1.54, 1.807) is 23.5 Å². The van der Waals surface area contributed by atoms with Crippen molar-refractivity contribution in [1.29, 1.82) is 0 Å². The molecule has 2 atom stereocenters. The number of benzene rings is 1. The second-order valence-corrected chi connectivity index (χ2v) is 5.37. The quantitative estimate of drug-likeness (QED) is 0.834. The summed E-state index contributed by atoms with van der Waals surface area (Å²) in [6.45, 7) is 0. The highest BCUT2D eigenvalue weighted by molar-refractivity contribution is 7.15. The molecule has 1 aromatic carbocycles. The molecule has 2 aromatic rings. The first-order valence-electron chi connectivity index (χ1n) is 5.39. The van der Waals surface area contributed by atoms with Gasteiger partial charge in [0.05, 0.1) is 0 Å². The van der Waals surface area contributed by atoms with Gasteiger partial charge in [0.25, 0.3) is 0 Å². The molecule has 1 aliphatic rings. The number of thiophene rings is 1. The van der Waals surface area contributed by atoms with Crippen LogP contribution in [0.1, 0.15) is 17.2 Å². The summed E-state index contributed by atoms with van der Waals surface area (Å²) < 4.78 is 0. The Labute approximate surface area is 98.4 Å². The Morgan fingerprint density at radius 3 is 2.44 bits per heavy atom. The average molecular weight is 231 g/mol. The van der Waals surface area contributed by atoms with Gasteiger partial charge in [-0.1, -0.05) is 0 Å². The van der Waals surface area contributed by atoms with Crippen molar-refractivity contribution in [3.05, 3.63) is 41.3 Å². The monoisotopic (exact) mass is 231 g/mol. The van der Waals surface area contributed by atoms with Gasteiger partial charge in [-0.3, -0.25) is 0 Å². The third kappa shape index (κ3) is 1.72. The summed E-state index contributed by atoms with van der Waals surface area (Å²) in [6.07, 6.45) is 1.12. The van der Waals surface area contributed by atoms with Crippen molar-refractivity contribution >= 4 is 11.3 Å². The van der Waals surface area contributed by atoms with Crippen molar-refractivity contribution in [2.24, 2.45) is 5.73 Å². The number of rotatable bonds is 2. The van der Waals surface area contributed by atoms with Gasteiger partial charge in [0.15, 0.2) is 0 Å². The van der Waals surface area contributed by atoms with Crippen molar-refractivity contribution in [1.82, 2.24) is 0 Å². The fourth-order valence-electron chi connectivity index (χ4n) is 1.87. The third-order valence-electron chi connectivity index (χ3n) is 2.98. The van der Waals surface area contributed by atoms with Gasteiger partial charge in [-0.25, -0.2) is 0 Å². The summed E-state index contributed by atoms with van der Waals surface area (Å²) >= 11 is 1.80. The minimum Gasteiger partial charge on any atom is -0.508 e. The van der Waals surface area contributed by atoms with Crippen molar-refractivity contribution in [3.63, 3.8) is 0 Å². The van der Waals surface area contributed by atoms with Crippen LogP contribution in [0.15, 0.2) is 36.4 Å². The van der Waals surface area contributed by atoms with Gasteiger partial charge >= 0.3 is 0 Å². The van der Waals surface area contributed by atoms with Crippen LogP contribution in [0.4, 0.5) is 0 Å². The summed E-state index contributed by atoms with van der Waals surface area (Å²) in [5.41, 5.74) is 7.00. The third-order valence-corrected chi connectivity index (χ3v) is 4.25. The topological polar surface area (TPSA) is 46.2 Å². The molecule has 82 valence electrons. The van der Waals surface area contributed by atoms with Gasteiger partial charge in [0, 0.05) is 21.7 Å². The predicted molar refractivity (Wildman–Crippen MR) is 66.8 cm³/mol. The van der Waals surface area contributed by atoms with Gasteiger partial charge in [-0.2, -0.15) is 0 Å². The van der Waals surface area contributed by atoms with E-state index in [-0.39, 0.29) is 0 Å². The van der Waals surface area contributed by atoms with Crippen LogP contribution in [0, 0.1) is 0 Å². The first-order chi connectivity index (χ1) is 7.74. The SMILES string of the molecule is NC1CC1c1ccc(-c2ccc(O)cc2)s1. The second kappa shape index (κ2) is 3.61. The molecular weight excluding hydrogens is 218 g/mol. The smallest absolute Gasteiger partial charge is 0.115 e. The molecule has 0 bridgehead atoms. The van der Waals surface area contributed by atoms with E-state index >= 15 is 0 Å². The molecule has 2 nitrogen and oxygen atoms in total. The van der Waals surface area contributed by atoms with Crippen molar-refractivity contribution in [2.75, 3.05) is 0 Å². The molecular formula is C13H13NOS. The molecule has 0 saturated heterocycles. The van der Waals surface area contributed by atoms with Gasteiger partial charge in [0.1, 0.15) is 5.75 Å². The second-order valence-electron chi connectivity index (χ2n) is 4.25. The molecule has 3 rings (SSSR count). The van der Waals surface area contributed by atoms with Crippen LogP contribution in [0.5, 0.6) is 5.75 Å². The van der Waals surface area contributed by atoms with E-state index in [4.69, 9.17) is 5.73 Å². The lowest BCUT2D eigenvalue weighted by Gasteiger charge is -1.97. The number of hydrogen-bond acceptors (Lipinski definition) is 3. The summed E-state index contributed by atoms with van der Waals surface area (Å²) in [6, 6.07) is 12.0. The Morgan fingerprint density at radius 1 is 1.12 bits per heavy atom. The van der Waals surface area contributed by atoms with E-state index in [1.165, 1.54) is 9.75 Å². The molecule has 1 aromatic heterocycles. The normalized spacial score (nSPS) is 23.3. The van der Waals surface area contributed by atoms with Crippen LogP contribution in [0.25, 0.3) is 10.4 Å². The van der Waals surface area contributed by atoms with E-state index in [2.05, 4.69) is 12.1 Å². The molecule has 0 aliphatic heterocycles. The van der Waals surface area contributed by atoms with Crippen LogP contribution < -0.4 is 5.73 Å². The highest BCUT2D eigenvalue weighted by Crippen LogP contribution is 2.44. The van der Waals surface area contributed by atoms with Gasteiger partial charge in [-0.15, -0.1) is 11.3 Å². The summed E-state index contributed by atoms with van der Waals surface area (Å²) in [5, 5.41) is 9.23. The van der Waals surface area contributed by atoms with Gasteiger partial charge in [-0.05, 0) is 48.4 Å². The largest absolute Gasteiger partial charge is 0.508 e. The minimum atomic E-state index is 0.310. The molecule has 1 heterocycles. The first kappa shape index (κ1) is 9.87. The van der Waals surface area contributed by atoms with E-state index in [9.17, 15) is 5.11 Å². The van der Waals surface area contributed by atoms with E-state index in [0.29, 0.717) is 17.7 Å². The number of phenolic OH excluding ortho intramolecular Hbond substituents is 1. The van der Waals surface area contributed by atoms with Crippen LogP contribution in [0.2, 0.25) is 0 Å². The van der Waals surface area contributed by atoms with Gasteiger partial charge in [0.2, 0.25) is 0 Å². The standard InChI is InChI=1S/C13H13NOS/c14-11-7-10(11)13-6-5-12(16-13)8-1-3-9(15)4-2-8/h1-6,10-11,15H,7,14H2. The molecule has 2 unspecified atom stereocenters. The molecule has 1 fully saturated rings. The lowest BCUT2D eigenvalue weighted by atomic mass is 10.2. The molecule has 3 heteroatoms. The highest BCUT2D eigenvalue weighted by atomic mass is 32.1. The summed E-state index contributed by atoms with van der Waals surface area (Å²) in [4.78, 5) is 2.63. The van der Waals surface area contributed by atoms with Crippen LogP contribution in [0.3, 0.4) is 0 Å². The van der Waals surface area contributed by atoms with E-state index in [1.807, 2.05) is 12.1 Å². The lowest BCUT2D eigenvalue weighted by molar-refractivity contribution is 0.475. The summed E-state index contributed by atoms with van der Waals surface area (Å²) in [5.74, 6) is 0.889. The fourth-order valence-corrected chi connectivity index (χ4v) is 3.08. The Bertz CT molecular complexity index is 503. The molecule has 16 heavy (non-hydrogen) atoms. The van der Waals surface area contributed by atoms with Crippen molar-refractivity contribution in [3.8, 4) is 16.2 Å². The van der Waals surface area contributed by atoms with Crippen LogP contribution in [-0.4, -0.2) is 11.1 Å². The molecule has 1 saturated carbocycles. The zero-order chi connectivity index (χ0) is 11.1. The first-order valence-corrected chi connectivity index (χ1v) is 6.20. The zero-order valence-electron chi connectivity index (χ0n) is 8.76. The Morgan fingerprint density at radius 2 is 1.81 bits per heavy atom. The Hall–Kier alpha value is -1.32. The van der Waals surface area contributed by atoms with E-state index < -0.39 is 0 Å². The van der Waals surface area contributed by atoms with Crippen molar-refractivity contribution < 1.29 is 5.11 Å². The highest BCUT2D eigenvalue weighted by Gasteiger charge is 2.35. The maximum atomic E-state index is 9.23. The number of hydrogen-bond donors (Lipinski definition) is 2. The molecule has 0 amide bonds. The van der Waals surface area contributed by atoms with Gasteiger partial charge < -0.3 is 10.8 Å². The number of aromatic hydroxyl groups is 1. The van der Waals surface area contributed by atoms with Crippen molar-refractivity contribution in [2.45, 2.75) is 18.4 Å². The van der Waals surface area contributed by atoms with Crippen LogP contribution in [-0.2, 0) is 0 Å². The number of phenols is 1. The van der Waals surface area contributed by atoms with Crippen LogP contribution >= 0.6 is 11.3 Å². The molecule has 0 radical (unpaired) electrons. The predicted octanol–water partition coefficient (Wildman–Crippen LogP) is 2.94. The fraction of sp³-hybridized carbons (Fsp3) is 0.231. The maximum absolute atomic E-state index is 9.23. The Balaban J connectivity index is 1.89. The average Bonchev–Trinajstić information content (AvgIpc) is 2.82. The Kier molecular flexibility index (Phi) is 2.23. The number of nitrogens with two attached hydrogens (primary N) is 1. The summed E-state index contributed by atoms with van der Waals surface area (Å²) in [7, 11) is 0. The van der Waals surface area contributed by atoms with E-state index in [0.717, 1.165) is 12.0 Å². The molecule has 1 aliphatic carbocycles. The molecule has 0 spiro atoms. The minimum absolute atomic E-state index is 0.310. The zero-order valence-corrected chi connectivity index (χ0v) is 9.58.